The molecule has 0 aromatic heterocycles. The molecule has 3 nitrogen and oxygen atoms in total. The second-order valence-electron chi connectivity index (χ2n) is 4.92. The monoisotopic (exact) mass is 214 g/mol. The molecule has 0 aromatic carbocycles. The van der Waals surface area contributed by atoms with Gasteiger partial charge in [-0.1, -0.05) is 6.92 Å². The van der Waals surface area contributed by atoms with Crippen molar-refractivity contribution in [3.8, 4) is 0 Å². The zero-order valence-corrected chi connectivity index (χ0v) is 10.4. The van der Waals surface area contributed by atoms with Crippen molar-refractivity contribution in [3.05, 3.63) is 0 Å². The minimum Gasteiger partial charge on any atom is -0.396 e. The van der Waals surface area contributed by atoms with E-state index in [-0.39, 0.29) is 0 Å². The van der Waals surface area contributed by atoms with Crippen LogP contribution in [0.1, 0.15) is 33.6 Å². The Kier molecular flexibility index (Phi) is 5.58. The van der Waals surface area contributed by atoms with Crippen molar-refractivity contribution in [2.24, 2.45) is 5.92 Å². The molecule has 0 bridgehead atoms. The average molecular weight is 214 g/mol. The van der Waals surface area contributed by atoms with Crippen molar-refractivity contribution in [1.82, 2.24) is 10.2 Å². The van der Waals surface area contributed by atoms with Crippen LogP contribution in [-0.2, 0) is 0 Å². The Hall–Kier alpha value is -0.120. The van der Waals surface area contributed by atoms with E-state index in [4.69, 9.17) is 5.11 Å². The molecule has 0 spiro atoms. The van der Waals surface area contributed by atoms with E-state index in [0.717, 1.165) is 26.1 Å². The minimum absolute atomic E-state index is 0.329. The molecule has 0 aliphatic carbocycles. The standard InChI is InChI=1S/C12H26N2O/c1-4-13-12-7-11(5-6-15)8-14(9-12)10(2)3/h10-13,15H,4-9H2,1-3H3. The van der Waals surface area contributed by atoms with Gasteiger partial charge in [-0.2, -0.15) is 0 Å². The molecule has 1 aliphatic rings. The van der Waals surface area contributed by atoms with Crippen LogP contribution in [0.3, 0.4) is 0 Å². The van der Waals surface area contributed by atoms with E-state index >= 15 is 0 Å². The number of piperidine rings is 1. The Morgan fingerprint density at radius 3 is 2.67 bits per heavy atom. The number of nitrogens with one attached hydrogen (secondary N) is 1. The predicted molar refractivity (Wildman–Crippen MR) is 64.0 cm³/mol. The first-order valence-corrected chi connectivity index (χ1v) is 6.25. The summed E-state index contributed by atoms with van der Waals surface area (Å²) in [7, 11) is 0. The third kappa shape index (κ3) is 4.09. The SMILES string of the molecule is CCNC1CC(CCO)CN(C(C)C)C1. The number of hydrogen-bond donors (Lipinski definition) is 2. The number of likely N-dealkylation sites (tertiary alicyclic amines) is 1. The maximum atomic E-state index is 9.02. The molecule has 0 radical (unpaired) electrons. The molecule has 2 N–H and O–H groups in total. The van der Waals surface area contributed by atoms with E-state index in [1.54, 1.807) is 0 Å². The lowest BCUT2D eigenvalue weighted by Gasteiger charge is -2.40. The van der Waals surface area contributed by atoms with Crippen molar-refractivity contribution >= 4 is 0 Å². The number of likely N-dealkylation sites (N-methyl/N-ethyl adjacent to an activating group) is 1. The highest BCUT2D eigenvalue weighted by atomic mass is 16.3. The maximum Gasteiger partial charge on any atom is 0.0434 e. The van der Waals surface area contributed by atoms with Gasteiger partial charge in [0.15, 0.2) is 0 Å². The van der Waals surface area contributed by atoms with Crippen molar-refractivity contribution in [3.63, 3.8) is 0 Å². The van der Waals surface area contributed by atoms with Gasteiger partial charge in [-0.3, -0.25) is 4.90 Å². The molecule has 0 amide bonds. The average Bonchev–Trinajstić information content (AvgIpc) is 2.18. The van der Waals surface area contributed by atoms with E-state index in [9.17, 15) is 0 Å². The summed E-state index contributed by atoms with van der Waals surface area (Å²) in [5.41, 5.74) is 0. The summed E-state index contributed by atoms with van der Waals surface area (Å²) in [5, 5.41) is 12.6. The molecule has 15 heavy (non-hydrogen) atoms. The molecule has 0 aromatic rings. The molecule has 0 saturated carbocycles. The Balaban J connectivity index is 2.48. The third-order valence-electron chi connectivity index (χ3n) is 3.33. The van der Waals surface area contributed by atoms with Crippen LogP contribution in [0.2, 0.25) is 0 Å². The smallest absolute Gasteiger partial charge is 0.0434 e. The fraction of sp³-hybridized carbons (Fsp3) is 1.00. The topological polar surface area (TPSA) is 35.5 Å². The van der Waals surface area contributed by atoms with E-state index < -0.39 is 0 Å². The number of aliphatic hydroxyl groups is 1. The highest BCUT2D eigenvalue weighted by Gasteiger charge is 2.27. The molecular formula is C12H26N2O. The van der Waals surface area contributed by atoms with Gasteiger partial charge in [-0.15, -0.1) is 0 Å². The van der Waals surface area contributed by atoms with Crippen LogP contribution in [0.5, 0.6) is 0 Å². The van der Waals surface area contributed by atoms with Crippen LogP contribution >= 0.6 is 0 Å². The summed E-state index contributed by atoms with van der Waals surface area (Å²) < 4.78 is 0. The Morgan fingerprint density at radius 1 is 1.40 bits per heavy atom. The van der Waals surface area contributed by atoms with Crippen LogP contribution in [0.4, 0.5) is 0 Å². The highest BCUT2D eigenvalue weighted by molar-refractivity contribution is 4.84. The summed E-state index contributed by atoms with van der Waals surface area (Å²) in [6.45, 7) is 10.4. The molecule has 3 heteroatoms. The zero-order chi connectivity index (χ0) is 11.3. The van der Waals surface area contributed by atoms with E-state index in [0.29, 0.717) is 24.6 Å². The molecule has 1 fully saturated rings. The molecule has 2 atom stereocenters. The van der Waals surface area contributed by atoms with Crippen LogP contribution in [0.25, 0.3) is 0 Å². The van der Waals surface area contributed by atoms with Crippen LogP contribution in [0.15, 0.2) is 0 Å². The first kappa shape index (κ1) is 12.9. The lowest BCUT2D eigenvalue weighted by atomic mass is 9.91. The summed E-state index contributed by atoms with van der Waals surface area (Å²) in [6.07, 6.45) is 2.17. The summed E-state index contributed by atoms with van der Waals surface area (Å²) in [5.74, 6) is 0.662. The number of nitrogens with zero attached hydrogens (tertiary/aromatic N) is 1. The minimum atomic E-state index is 0.329. The summed E-state index contributed by atoms with van der Waals surface area (Å²) in [6, 6.07) is 1.23. The fourth-order valence-electron chi connectivity index (χ4n) is 2.49. The fourth-order valence-corrected chi connectivity index (χ4v) is 2.49. The van der Waals surface area contributed by atoms with Crippen LogP contribution in [0, 0.1) is 5.92 Å². The van der Waals surface area contributed by atoms with Crippen molar-refractivity contribution in [2.75, 3.05) is 26.2 Å². The Morgan fingerprint density at radius 2 is 2.13 bits per heavy atom. The zero-order valence-electron chi connectivity index (χ0n) is 10.4. The molecule has 90 valence electrons. The summed E-state index contributed by atoms with van der Waals surface area (Å²) in [4.78, 5) is 2.52. The lowest BCUT2D eigenvalue weighted by molar-refractivity contribution is 0.0973. The second-order valence-corrected chi connectivity index (χ2v) is 4.92. The Labute approximate surface area is 93.9 Å². The molecule has 1 heterocycles. The second kappa shape index (κ2) is 6.46. The number of hydrogen-bond acceptors (Lipinski definition) is 3. The molecule has 1 rings (SSSR count). The van der Waals surface area contributed by atoms with Gasteiger partial charge < -0.3 is 10.4 Å². The predicted octanol–water partition coefficient (Wildman–Crippen LogP) is 1.08. The summed E-state index contributed by atoms with van der Waals surface area (Å²) >= 11 is 0. The first-order valence-electron chi connectivity index (χ1n) is 6.25. The third-order valence-corrected chi connectivity index (χ3v) is 3.33. The largest absolute Gasteiger partial charge is 0.396 e. The number of aliphatic hydroxyl groups excluding tert-OH is 1. The lowest BCUT2D eigenvalue weighted by Crippen LogP contribution is -2.51. The first-order chi connectivity index (χ1) is 7.17. The van der Waals surface area contributed by atoms with Gasteiger partial charge in [0.05, 0.1) is 0 Å². The quantitative estimate of drug-likeness (QED) is 0.719. The molecular weight excluding hydrogens is 188 g/mol. The van der Waals surface area contributed by atoms with Crippen molar-refractivity contribution < 1.29 is 5.11 Å². The van der Waals surface area contributed by atoms with Crippen molar-refractivity contribution in [2.45, 2.75) is 45.7 Å². The Bertz CT molecular complexity index is 159. The number of rotatable bonds is 5. The van der Waals surface area contributed by atoms with Gasteiger partial charge in [0.25, 0.3) is 0 Å². The van der Waals surface area contributed by atoms with Crippen LogP contribution in [-0.4, -0.2) is 48.3 Å². The molecule has 2 unspecified atom stereocenters. The molecule has 1 aliphatic heterocycles. The van der Waals surface area contributed by atoms with Gasteiger partial charge in [0, 0.05) is 31.8 Å². The van der Waals surface area contributed by atoms with Crippen LogP contribution < -0.4 is 5.32 Å². The highest BCUT2D eigenvalue weighted by Crippen LogP contribution is 2.21. The van der Waals surface area contributed by atoms with Gasteiger partial charge in [0.2, 0.25) is 0 Å². The molecule has 1 saturated heterocycles. The van der Waals surface area contributed by atoms with E-state index in [2.05, 4.69) is 31.0 Å². The maximum absolute atomic E-state index is 9.02. The van der Waals surface area contributed by atoms with Crippen molar-refractivity contribution in [1.29, 1.82) is 0 Å². The van der Waals surface area contributed by atoms with Gasteiger partial charge in [-0.05, 0) is 39.2 Å². The van der Waals surface area contributed by atoms with Gasteiger partial charge in [0.1, 0.15) is 0 Å². The van der Waals surface area contributed by atoms with E-state index in [1.165, 1.54) is 6.42 Å². The van der Waals surface area contributed by atoms with Gasteiger partial charge in [-0.25, -0.2) is 0 Å². The van der Waals surface area contributed by atoms with Gasteiger partial charge >= 0.3 is 0 Å². The van der Waals surface area contributed by atoms with E-state index in [1.807, 2.05) is 0 Å². The normalized spacial score (nSPS) is 28.6.